The van der Waals surface area contributed by atoms with Crippen molar-refractivity contribution in [3.63, 3.8) is 0 Å². The van der Waals surface area contributed by atoms with Crippen LogP contribution in [0.1, 0.15) is 23.5 Å². The number of benzene rings is 2. The van der Waals surface area contributed by atoms with Gasteiger partial charge < -0.3 is 0 Å². The van der Waals surface area contributed by atoms with Gasteiger partial charge in [0.1, 0.15) is 0 Å². The van der Waals surface area contributed by atoms with Crippen molar-refractivity contribution < 1.29 is 0 Å². The summed E-state index contributed by atoms with van der Waals surface area (Å²) in [5, 5.41) is 0. The van der Waals surface area contributed by atoms with Gasteiger partial charge in [-0.05, 0) is 22.3 Å². The van der Waals surface area contributed by atoms with Gasteiger partial charge >= 0.3 is 0 Å². The highest BCUT2D eigenvalue weighted by Gasteiger charge is 2.26. The molecular weight excluding hydrogens is 192 g/mol. The van der Waals surface area contributed by atoms with Gasteiger partial charge in [-0.3, -0.25) is 0 Å². The van der Waals surface area contributed by atoms with E-state index in [-0.39, 0.29) is 0 Å². The first-order chi connectivity index (χ1) is 7.92. The highest BCUT2D eigenvalue weighted by atomic mass is 14.3. The van der Waals surface area contributed by atoms with Gasteiger partial charge in [0.15, 0.2) is 0 Å². The van der Waals surface area contributed by atoms with Crippen LogP contribution < -0.4 is 0 Å². The van der Waals surface area contributed by atoms with E-state index in [2.05, 4.69) is 54.5 Å². The van der Waals surface area contributed by atoms with Crippen molar-refractivity contribution in [2.75, 3.05) is 0 Å². The van der Waals surface area contributed by atoms with Gasteiger partial charge in [-0.2, -0.15) is 0 Å². The van der Waals surface area contributed by atoms with E-state index in [0.717, 1.165) is 6.42 Å². The maximum absolute atomic E-state index is 5.47. The molecule has 0 aromatic heterocycles. The molecule has 0 fully saturated rings. The van der Waals surface area contributed by atoms with Gasteiger partial charge in [0.05, 0.1) is 0 Å². The normalized spacial score (nSPS) is 12.9. The Bertz CT molecular complexity index is 527. The number of terminal acetylenes is 1. The first-order valence-corrected chi connectivity index (χ1v) is 5.53. The maximum Gasteiger partial charge on any atom is 0.0211 e. The van der Waals surface area contributed by atoms with Gasteiger partial charge in [0.25, 0.3) is 0 Å². The summed E-state index contributed by atoms with van der Waals surface area (Å²) < 4.78 is 0. The van der Waals surface area contributed by atoms with Crippen LogP contribution in [-0.2, 0) is 0 Å². The summed E-state index contributed by atoms with van der Waals surface area (Å²) in [6, 6.07) is 17.1. The number of rotatable bonds is 1. The zero-order valence-corrected chi connectivity index (χ0v) is 8.98. The van der Waals surface area contributed by atoms with Crippen LogP contribution in [0.2, 0.25) is 0 Å². The summed E-state index contributed by atoms with van der Waals surface area (Å²) in [6.45, 7) is 0. The molecule has 2 aromatic carbocycles. The van der Waals surface area contributed by atoms with E-state index in [1.807, 2.05) is 0 Å². The van der Waals surface area contributed by atoms with Gasteiger partial charge in [0, 0.05) is 12.3 Å². The molecule has 0 N–H and O–H groups in total. The van der Waals surface area contributed by atoms with Crippen LogP contribution in [0, 0.1) is 12.3 Å². The van der Waals surface area contributed by atoms with Crippen LogP contribution in [0.15, 0.2) is 48.5 Å². The summed E-state index contributed by atoms with van der Waals surface area (Å²) in [5.74, 6) is 3.18. The summed E-state index contributed by atoms with van der Waals surface area (Å²) in [4.78, 5) is 0. The van der Waals surface area contributed by atoms with Crippen molar-refractivity contribution >= 4 is 0 Å². The Balaban J connectivity index is 2.26. The number of hydrogen-bond acceptors (Lipinski definition) is 0. The first-order valence-electron chi connectivity index (χ1n) is 5.53. The fraction of sp³-hybridized carbons (Fsp3) is 0.125. The minimum absolute atomic E-state index is 0.386. The minimum atomic E-state index is 0.386. The fourth-order valence-corrected chi connectivity index (χ4v) is 2.60. The molecule has 0 amide bonds. The predicted molar refractivity (Wildman–Crippen MR) is 67.2 cm³/mol. The van der Waals surface area contributed by atoms with Crippen molar-refractivity contribution in [2.45, 2.75) is 12.3 Å². The molecular formula is C16H12. The Labute approximate surface area is 95.9 Å². The molecule has 0 nitrogen and oxygen atoms in total. The van der Waals surface area contributed by atoms with E-state index in [0.29, 0.717) is 5.92 Å². The molecule has 0 heterocycles. The predicted octanol–water partition coefficient (Wildman–Crippen LogP) is 3.82. The molecule has 0 bridgehead atoms. The largest absolute Gasteiger partial charge is 0.120 e. The number of hydrogen-bond donors (Lipinski definition) is 0. The lowest BCUT2D eigenvalue weighted by atomic mass is 9.94. The minimum Gasteiger partial charge on any atom is -0.120 e. The van der Waals surface area contributed by atoms with Crippen LogP contribution in [-0.4, -0.2) is 0 Å². The van der Waals surface area contributed by atoms with E-state index in [4.69, 9.17) is 6.42 Å². The third kappa shape index (κ3) is 1.19. The lowest BCUT2D eigenvalue weighted by Crippen LogP contribution is -1.94. The van der Waals surface area contributed by atoms with Crippen LogP contribution in [0.3, 0.4) is 0 Å². The average molecular weight is 204 g/mol. The van der Waals surface area contributed by atoms with E-state index < -0.39 is 0 Å². The average Bonchev–Trinajstić information content (AvgIpc) is 2.66. The van der Waals surface area contributed by atoms with Crippen molar-refractivity contribution in [3.05, 3.63) is 59.7 Å². The van der Waals surface area contributed by atoms with E-state index in [1.54, 1.807) is 0 Å². The molecule has 0 saturated carbocycles. The maximum atomic E-state index is 5.47. The number of fused-ring (bicyclic) bond motifs is 3. The molecule has 0 atom stereocenters. The molecule has 0 aliphatic heterocycles. The van der Waals surface area contributed by atoms with Gasteiger partial charge in [-0.25, -0.2) is 0 Å². The second-order valence-corrected chi connectivity index (χ2v) is 4.14. The van der Waals surface area contributed by atoms with Gasteiger partial charge in [-0.1, -0.05) is 48.5 Å². The van der Waals surface area contributed by atoms with Crippen LogP contribution in [0.5, 0.6) is 0 Å². The molecule has 16 heavy (non-hydrogen) atoms. The summed E-state index contributed by atoms with van der Waals surface area (Å²) >= 11 is 0. The molecule has 1 aliphatic rings. The third-order valence-corrected chi connectivity index (χ3v) is 3.28. The van der Waals surface area contributed by atoms with E-state index in [9.17, 15) is 0 Å². The van der Waals surface area contributed by atoms with E-state index in [1.165, 1.54) is 22.3 Å². The molecule has 0 radical (unpaired) electrons. The quantitative estimate of drug-likeness (QED) is 0.619. The van der Waals surface area contributed by atoms with Crippen LogP contribution in [0.4, 0.5) is 0 Å². The summed E-state index contributed by atoms with van der Waals surface area (Å²) in [6.07, 6.45) is 6.26. The highest BCUT2D eigenvalue weighted by molar-refractivity contribution is 5.78. The lowest BCUT2D eigenvalue weighted by molar-refractivity contribution is 0.873. The van der Waals surface area contributed by atoms with Crippen molar-refractivity contribution in [1.82, 2.24) is 0 Å². The Morgan fingerprint density at radius 1 is 0.875 bits per heavy atom. The molecule has 0 unspecified atom stereocenters. The van der Waals surface area contributed by atoms with Crippen LogP contribution in [0.25, 0.3) is 11.1 Å². The molecule has 3 rings (SSSR count). The molecule has 2 aromatic rings. The fourth-order valence-electron chi connectivity index (χ4n) is 2.60. The van der Waals surface area contributed by atoms with Crippen molar-refractivity contribution in [3.8, 4) is 23.5 Å². The second-order valence-electron chi connectivity index (χ2n) is 4.14. The smallest absolute Gasteiger partial charge is 0.0211 e. The van der Waals surface area contributed by atoms with Gasteiger partial charge in [-0.15, -0.1) is 12.3 Å². The van der Waals surface area contributed by atoms with Crippen LogP contribution >= 0.6 is 0 Å². The van der Waals surface area contributed by atoms with Crippen molar-refractivity contribution in [2.24, 2.45) is 0 Å². The molecule has 76 valence electrons. The highest BCUT2D eigenvalue weighted by Crippen LogP contribution is 2.45. The summed E-state index contributed by atoms with van der Waals surface area (Å²) in [5.41, 5.74) is 5.44. The Morgan fingerprint density at radius 3 is 1.88 bits per heavy atom. The Hall–Kier alpha value is -2.00. The zero-order valence-electron chi connectivity index (χ0n) is 8.98. The molecule has 0 spiro atoms. The lowest BCUT2D eigenvalue weighted by Gasteiger charge is -2.08. The van der Waals surface area contributed by atoms with E-state index >= 15 is 0 Å². The zero-order chi connectivity index (χ0) is 11.0. The Morgan fingerprint density at radius 2 is 1.38 bits per heavy atom. The SMILES string of the molecule is C#CCC1c2ccccc2-c2ccccc21. The first kappa shape index (κ1) is 9.24. The molecule has 0 saturated heterocycles. The monoisotopic (exact) mass is 204 g/mol. The second kappa shape index (κ2) is 3.54. The standard InChI is InChI=1S/C16H12/c1-2-7-12-13-8-3-5-10-15(13)16-11-6-4-9-14(12)16/h1,3-6,8-12H,7H2. The Kier molecular flexibility index (Phi) is 2.04. The topological polar surface area (TPSA) is 0 Å². The summed E-state index contributed by atoms with van der Waals surface area (Å²) in [7, 11) is 0. The van der Waals surface area contributed by atoms with Gasteiger partial charge in [0.2, 0.25) is 0 Å². The molecule has 0 heteroatoms. The third-order valence-electron chi connectivity index (χ3n) is 3.28. The van der Waals surface area contributed by atoms with Crippen molar-refractivity contribution in [1.29, 1.82) is 0 Å². The molecule has 1 aliphatic carbocycles.